The smallest absolute Gasteiger partial charge is 0.287 e. The molecule has 3 heterocycles. The van der Waals surface area contributed by atoms with E-state index in [1.807, 2.05) is 19.1 Å². The van der Waals surface area contributed by atoms with Crippen molar-refractivity contribution in [2.75, 3.05) is 19.6 Å². The van der Waals surface area contributed by atoms with Crippen molar-refractivity contribution >= 4 is 32.8 Å². The molecule has 1 aliphatic rings. The summed E-state index contributed by atoms with van der Waals surface area (Å²) in [5.41, 5.74) is 0.145. The van der Waals surface area contributed by atoms with Gasteiger partial charge >= 0.3 is 0 Å². The Bertz CT molecular complexity index is 1080. The maximum atomic E-state index is 12.7. The number of carbonyl (C=O) groups is 1. The number of aryl methyl sites for hydroxylation is 1. The Morgan fingerprint density at radius 3 is 2.66 bits per heavy atom. The number of amides is 1. The van der Waals surface area contributed by atoms with Crippen LogP contribution in [0.1, 0.15) is 47.4 Å². The fraction of sp³-hybridized carbons (Fsp3) is 0.364. The number of carbonyl (C=O) groups excluding carboxylic acids is 1. The largest absolute Gasteiger partial charge is 0.465 e. The van der Waals surface area contributed by atoms with Crippen molar-refractivity contribution in [3.63, 3.8) is 0 Å². The van der Waals surface area contributed by atoms with Gasteiger partial charge in [0.25, 0.3) is 5.91 Å². The number of halogens is 1. The highest BCUT2D eigenvalue weighted by atomic mass is 79.9. The topological polar surface area (TPSA) is 75.7 Å². The van der Waals surface area contributed by atoms with E-state index < -0.39 is 5.91 Å². The van der Waals surface area contributed by atoms with Crippen molar-refractivity contribution in [1.29, 1.82) is 0 Å². The van der Waals surface area contributed by atoms with E-state index >= 15 is 0 Å². The molecule has 1 aliphatic heterocycles. The van der Waals surface area contributed by atoms with Crippen LogP contribution in [0.3, 0.4) is 0 Å². The van der Waals surface area contributed by atoms with Crippen LogP contribution in [-0.4, -0.2) is 30.4 Å². The van der Waals surface area contributed by atoms with Crippen LogP contribution in [0, 0.1) is 6.92 Å². The lowest BCUT2D eigenvalue weighted by atomic mass is 10.1. The van der Waals surface area contributed by atoms with Crippen molar-refractivity contribution < 1.29 is 13.6 Å². The zero-order valence-corrected chi connectivity index (χ0v) is 17.8. The molecule has 1 unspecified atom stereocenters. The second kappa shape index (κ2) is 8.55. The van der Waals surface area contributed by atoms with E-state index in [1.165, 1.54) is 12.5 Å². The lowest BCUT2D eigenvalue weighted by molar-refractivity contribution is 0.0887. The zero-order valence-electron chi connectivity index (χ0n) is 16.2. The first-order valence-electron chi connectivity index (χ1n) is 9.83. The molecule has 3 aromatic rings. The van der Waals surface area contributed by atoms with E-state index in [-0.39, 0.29) is 17.2 Å². The fourth-order valence-corrected chi connectivity index (χ4v) is 4.15. The number of furan rings is 1. The van der Waals surface area contributed by atoms with Crippen molar-refractivity contribution in [2.24, 2.45) is 0 Å². The van der Waals surface area contributed by atoms with Crippen LogP contribution in [0.4, 0.5) is 0 Å². The minimum absolute atomic E-state index is 0.0119. The number of fused-ring (bicyclic) bond motifs is 1. The third-order valence-electron chi connectivity index (χ3n) is 5.29. The summed E-state index contributed by atoms with van der Waals surface area (Å²) in [7, 11) is 0. The highest BCUT2D eigenvalue weighted by Crippen LogP contribution is 2.26. The number of hydrogen-bond acceptors (Lipinski definition) is 5. The maximum absolute atomic E-state index is 12.7. The van der Waals surface area contributed by atoms with Crippen LogP contribution in [0.25, 0.3) is 11.0 Å². The van der Waals surface area contributed by atoms with E-state index in [0.717, 1.165) is 41.9 Å². The molecule has 1 atom stereocenters. The van der Waals surface area contributed by atoms with E-state index in [2.05, 4.69) is 26.1 Å². The fourth-order valence-electron chi connectivity index (χ4n) is 3.79. The van der Waals surface area contributed by atoms with Crippen LogP contribution in [0.5, 0.6) is 0 Å². The SMILES string of the molecule is Cc1ccc(C(CNC(=O)c2cc(=O)c3cc(Br)ccc3o2)N2CCCCC2)o1. The molecular weight excluding hydrogens is 436 g/mol. The second-order valence-electron chi connectivity index (χ2n) is 7.39. The Morgan fingerprint density at radius 1 is 1.14 bits per heavy atom. The molecule has 4 rings (SSSR count). The van der Waals surface area contributed by atoms with Gasteiger partial charge in [-0.2, -0.15) is 0 Å². The lowest BCUT2D eigenvalue weighted by Crippen LogP contribution is -2.40. The van der Waals surface area contributed by atoms with Crippen LogP contribution in [0.2, 0.25) is 0 Å². The molecule has 0 radical (unpaired) electrons. The van der Waals surface area contributed by atoms with Gasteiger partial charge in [0.15, 0.2) is 11.2 Å². The van der Waals surface area contributed by atoms with Gasteiger partial charge in [-0.3, -0.25) is 14.5 Å². The third kappa shape index (κ3) is 4.46. The number of likely N-dealkylation sites (tertiary alicyclic amines) is 1. The average molecular weight is 459 g/mol. The van der Waals surface area contributed by atoms with Gasteiger partial charge in [-0.25, -0.2) is 0 Å². The Labute approximate surface area is 177 Å². The third-order valence-corrected chi connectivity index (χ3v) is 5.78. The van der Waals surface area contributed by atoms with Gasteiger partial charge in [-0.1, -0.05) is 22.4 Å². The number of benzene rings is 1. The predicted octanol–water partition coefficient (Wildman–Crippen LogP) is 4.41. The van der Waals surface area contributed by atoms with Gasteiger partial charge in [0, 0.05) is 17.1 Å². The van der Waals surface area contributed by atoms with Crippen molar-refractivity contribution in [2.45, 2.75) is 32.2 Å². The Balaban J connectivity index is 1.54. The van der Waals surface area contributed by atoms with E-state index in [4.69, 9.17) is 8.83 Å². The lowest BCUT2D eigenvalue weighted by Gasteiger charge is -2.33. The van der Waals surface area contributed by atoms with Gasteiger partial charge < -0.3 is 14.2 Å². The number of nitrogens with one attached hydrogen (secondary N) is 1. The summed E-state index contributed by atoms with van der Waals surface area (Å²) >= 11 is 3.34. The van der Waals surface area contributed by atoms with E-state index in [0.29, 0.717) is 17.5 Å². The van der Waals surface area contributed by atoms with Gasteiger partial charge in [0.2, 0.25) is 0 Å². The Kier molecular flexibility index (Phi) is 5.87. The maximum Gasteiger partial charge on any atom is 0.287 e. The number of rotatable bonds is 5. The highest BCUT2D eigenvalue weighted by Gasteiger charge is 2.26. The normalized spacial score (nSPS) is 16.1. The van der Waals surface area contributed by atoms with Crippen molar-refractivity contribution in [3.05, 3.63) is 68.4 Å². The first kappa shape index (κ1) is 19.9. The standard InChI is InChI=1S/C22H23BrN2O4/c1-14-5-7-20(28-14)17(25-9-3-2-4-10-25)13-24-22(27)21-12-18(26)16-11-15(23)6-8-19(16)29-21/h5-8,11-12,17H,2-4,9-10,13H2,1H3,(H,24,27). The predicted molar refractivity (Wildman–Crippen MR) is 114 cm³/mol. The summed E-state index contributed by atoms with van der Waals surface area (Å²) in [5.74, 6) is 1.30. The van der Waals surface area contributed by atoms with Crippen LogP contribution in [0.15, 0.2) is 54.5 Å². The van der Waals surface area contributed by atoms with Gasteiger partial charge in [-0.05, 0) is 63.2 Å². The molecule has 1 N–H and O–H groups in total. The van der Waals surface area contributed by atoms with Gasteiger partial charge in [0.05, 0.1) is 11.4 Å². The van der Waals surface area contributed by atoms with Gasteiger partial charge in [-0.15, -0.1) is 0 Å². The molecule has 152 valence electrons. The minimum Gasteiger partial charge on any atom is -0.465 e. The number of hydrogen-bond donors (Lipinski definition) is 1. The molecule has 2 aromatic heterocycles. The molecule has 0 saturated carbocycles. The quantitative estimate of drug-likeness (QED) is 0.612. The second-order valence-corrected chi connectivity index (χ2v) is 8.30. The highest BCUT2D eigenvalue weighted by molar-refractivity contribution is 9.10. The van der Waals surface area contributed by atoms with Gasteiger partial charge in [0.1, 0.15) is 17.1 Å². The summed E-state index contributed by atoms with van der Waals surface area (Å²) < 4.78 is 12.3. The molecule has 29 heavy (non-hydrogen) atoms. The zero-order chi connectivity index (χ0) is 20.4. The molecule has 1 amide bonds. The first-order chi connectivity index (χ1) is 14.0. The minimum atomic E-state index is -0.405. The molecule has 1 saturated heterocycles. The summed E-state index contributed by atoms with van der Waals surface area (Å²) in [4.78, 5) is 27.5. The molecule has 1 fully saturated rings. The molecule has 1 aromatic carbocycles. The monoisotopic (exact) mass is 458 g/mol. The summed E-state index contributed by atoms with van der Waals surface area (Å²) in [6.45, 7) is 4.24. The van der Waals surface area contributed by atoms with Crippen LogP contribution >= 0.6 is 15.9 Å². The molecule has 0 spiro atoms. The first-order valence-corrected chi connectivity index (χ1v) is 10.6. The molecule has 0 bridgehead atoms. The van der Waals surface area contributed by atoms with Crippen molar-refractivity contribution in [1.82, 2.24) is 10.2 Å². The summed E-state index contributed by atoms with van der Waals surface area (Å²) in [5, 5.41) is 3.36. The summed E-state index contributed by atoms with van der Waals surface area (Å²) in [6.07, 6.45) is 3.50. The molecular formula is C22H23BrN2O4. The van der Waals surface area contributed by atoms with Crippen LogP contribution < -0.4 is 10.7 Å². The van der Waals surface area contributed by atoms with Crippen LogP contribution in [-0.2, 0) is 0 Å². The molecule has 6 nitrogen and oxygen atoms in total. The number of piperidine rings is 1. The molecule has 0 aliphatic carbocycles. The Morgan fingerprint density at radius 2 is 1.93 bits per heavy atom. The molecule has 7 heteroatoms. The Hall–Kier alpha value is -2.38. The summed E-state index contributed by atoms with van der Waals surface area (Å²) in [6, 6.07) is 10.3. The van der Waals surface area contributed by atoms with E-state index in [1.54, 1.807) is 18.2 Å². The van der Waals surface area contributed by atoms with Crippen molar-refractivity contribution in [3.8, 4) is 0 Å². The average Bonchev–Trinajstić information content (AvgIpc) is 3.15. The van der Waals surface area contributed by atoms with E-state index in [9.17, 15) is 9.59 Å². The number of nitrogens with zero attached hydrogens (tertiary/aromatic N) is 1.